The average molecular weight is 476 g/mol. The van der Waals surface area contributed by atoms with E-state index in [0.717, 1.165) is 16.7 Å². The molecule has 4 rings (SSSR count). The van der Waals surface area contributed by atoms with Crippen LogP contribution in [0.3, 0.4) is 0 Å². The molecule has 2 aromatic carbocycles. The van der Waals surface area contributed by atoms with E-state index < -0.39 is 0 Å². The van der Waals surface area contributed by atoms with Gasteiger partial charge in [-0.05, 0) is 65.3 Å². The van der Waals surface area contributed by atoms with Gasteiger partial charge in [-0.25, -0.2) is 0 Å². The van der Waals surface area contributed by atoms with Gasteiger partial charge in [0.15, 0.2) is 11.0 Å². The maximum absolute atomic E-state index is 4.72. The summed E-state index contributed by atoms with van der Waals surface area (Å²) in [6.07, 6.45) is 5.03. The molecule has 1 fully saturated rings. The first-order chi connectivity index (χ1) is 15.9. The summed E-state index contributed by atoms with van der Waals surface area (Å²) < 4.78 is 2.44. The molecule has 4 heteroatoms. The Morgan fingerprint density at radius 3 is 1.91 bits per heavy atom. The minimum Gasteiger partial charge on any atom is -0.299 e. The van der Waals surface area contributed by atoms with Gasteiger partial charge < -0.3 is 0 Å². The molecular formula is C30H41N3S. The van der Waals surface area contributed by atoms with Gasteiger partial charge in [0.1, 0.15) is 0 Å². The molecule has 3 aromatic rings. The van der Waals surface area contributed by atoms with E-state index >= 15 is 0 Å². The summed E-state index contributed by atoms with van der Waals surface area (Å²) in [4.78, 5) is 0. The smallest absolute Gasteiger partial charge is 0.192 e. The zero-order valence-electron chi connectivity index (χ0n) is 22.3. The second-order valence-corrected chi connectivity index (χ2v) is 13.0. The highest BCUT2D eigenvalue weighted by Gasteiger charge is 2.26. The molecule has 0 aliphatic heterocycles. The predicted octanol–water partition coefficient (Wildman–Crippen LogP) is 8.56. The lowest BCUT2D eigenvalue weighted by Gasteiger charge is -2.22. The highest BCUT2D eigenvalue weighted by atomic mass is 32.2. The molecule has 1 aliphatic carbocycles. The standard InChI is InChI=1S/C30H41N3S/c1-20-17-24(30(6,7)8)18-21(2)26(20)19-34-28-32-31-27(33(28)25-11-9-10-12-25)22-13-15-23(16-14-22)29(3,4)5/h13-18,25H,9-12,19H2,1-8H3. The third kappa shape index (κ3) is 5.27. The molecule has 0 spiro atoms. The molecule has 0 atom stereocenters. The van der Waals surface area contributed by atoms with Crippen LogP contribution in [0, 0.1) is 13.8 Å². The minimum absolute atomic E-state index is 0.150. The molecular weight excluding hydrogens is 434 g/mol. The summed E-state index contributed by atoms with van der Waals surface area (Å²) in [5.74, 6) is 1.95. The molecule has 1 saturated carbocycles. The van der Waals surface area contributed by atoms with Crippen molar-refractivity contribution in [2.24, 2.45) is 0 Å². The van der Waals surface area contributed by atoms with Crippen molar-refractivity contribution in [1.82, 2.24) is 14.8 Å². The van der Waals surface area contributed by atoms with Crippen molar-refractivity contribution in [1.29, 1.82) is 0 Å². The quantitative estimate of drug-likeness (QED) is 0.346. The van der Waals surface area contributed by atoms with E-state index in [4.69, 9.17) is 10.2 Å². The normalized spacial score (nSPS) is 15.3. The lowest BCUT2D eigenvalue weighted by atomic mass is 9.84. The van der Waals surface area contributed by atoms with E-state index in [1.165, 1.54) is 59.1 Å². The number of aryl methyl sites for hydroxylation is 2. The van der Waals surface area contributed by atoms with Crippen molar-refractivity contribution in [3.05, 3.63) is 64.2 Å². The fourth-order valence-electron chi connectivity index (χ4n) is 4.97. The van der Waals surface area contributed by atoms with Crippen LogP contribution in [-0.4, -0.2) is 14.8 Å². The van der Waals surface area contributed by atoms with Crippen LogP contribution in [0.15, 0.2) is 41.6 Å². The predicted molar refractivity (Wildman–Crippen MR) is 146 cm³/mol. The SMILES string of the molecule is Cc1cc(C(C)(C)C)cc(C)c1CSc1nnc(-c2ccc(C(C)(C)C)cc2)n1C1CCCC1. The van der Waals surface area contributed by atoms with Crippen LogP contribution < -0.4 is 0 Å². The van der Waals surface area contributed by atoms with Crippen molar-refractivity contribution < 1.29 is 0 Å². The summed E-state index contributed by atoms with van der Waals surface area (Å²) in [6, 6.07) is 14.2. The van der Waals surface area contributed by atoms with Crippen molar-refractivity contribution in [2.45, 2.75) is 109 Å². The molecule has 0 bridgehead atoms. The van der Waals surface area contributed by atoms with Crippen LogP contribution in [0.4, 0.5) is 0 Å². The topological polar surface area (TPSA) is 30.7 Å². The molecule has 3 nitrogen and oxygen atoms in total. The summed E-state index contributed by atoms with van der Waals surface area (Å²) in [5, 5.41) is 10.5. The Morgan fingerprint density at radius 2 is 1.38 bits per heavy atom. The molecule has 0 amide bonds. The molecule has 0 radical (unpaired) electrons. The van der Waals surface area contributed by atoms with E-state index in [1.54, 1.807) is 0 Å². The average Bonchev–Trinajstić information content (AvgIpc) is 3.41. The molecule has 0 unspecified atom stereocenters. The Morgan fingerprint density at radius 1 is 0.824 bits per heavy atom. The van der Waals surface area contributed by atoms with Crippen LogP contribution in [0.2, 0.25) is 0 Å². The first kappa shape index (κ1) is 25.0. The van der Waals surface area contributed by atoms with Crippen LogP contribution in [-0.2, 0) is 16.6 Å². The molecule has 0 N–H and O–H groups in total. The maximum Gasteiger partial charge on any atom is 0.192 e. The van der Waals surface area contributed by atoms with Gasteiger partial charge >= 0.3 is 0 Å². The first-order valence-corrected chi connectivity index (χ1v) is 13.7. The van der Waals surface area contributed by atoms with Gasteiger partial charge in [0.2, 0.25) is 0 Å². The Labute approximate surface area is 210 Å². The number of aromatic nitrogens is 3. The van der Waals surface area contributed by atoms with E-state index in [0.29, 0.717) is 6.04 Å². The number of nitrogens with zero attached hydrogens (tertiary/aromatic N) is 3. The third-order valence-corrected chi connectivity index (χ3v) is 8.24. The van der Waals surface area contributed by atoms with Crippen LogP contribution in [0.1, 0.15) is 101 Å². The molecule has 1 heterocycles. The van der Waals surface area contributed by atoms with Gasteiger partial charge in [0.05, 0.1) is 0 Å². The van der Waals surface area contributed by atoms with Crippen molar-refractivity contribution >= 4 is 11.8 Å². The third-order valence-electron chi connectivity index (χ3n) is 7.27. The molecule has 0 saturated heterocycles. The summed E-state index contributed by atoms with van der Waals surface area (Å²) in [7, 11) is 0. The minimum atomic E-state index is 0.150. The van der Waals surface area contributed by atoms with Crippen LogP contribution >= 0.6 is 11.8 Å². The first-order valence-electron chi connectivity index (χ1n) is 12.7. The van der Waals surface area contributed by atoms with Gasteiger partial charge in [-0.1, -0.05) is 103 Å². The van der Waals surface area contributed by atoms with Gasteiger partial charge in [0, 0.05) is 17.4 Å². The van der Waals surface area contributed by atoms with Gasteiger partial charge in [-0.3, -0.25) is 4.57 Å². The summed E-state index contributed by atoms with van der Waals surface area (Å²) in [6.45, 7) is 18.1. The fourth-order valence-corrected chi connectivity index (χ4v) is 6.18. The van der Waals surface area contributed by atoms with Gasteiger partial charge in [-0.15, -0.1) is 10.2 Å². The highest BCUT2D eigenvalue weighted by molar-refractivity contribution is 7.98. The molecule has 1 aliphatic rings. The number of hydrogen-bond donors (Lipinski definition) is 0. The Bertz CT molecular complexity index is 1110. The summed E-state index contributed by atoms with van der Waals surface area (Å²) >= 11 is 1.84. The molecule has 34 heavy (non-hydrogen) atoms. The van der Waals surface area contributed by atoms with E-state index in [2.05, 4.69) is 96.4 Å². The second kappa shape index (κ2) is 9.53. The second-order valence-electron chi connectivity index (χ2n) is 12.1. The van der Waals surface area contributed by atoms with Crippen molar-refractivity contribution in [3.8, 4) is 11.4 Å². The van der Waals surface area contributed by atoms with Crippen molar-refractivity contribution in [3.63, 3.8) is 0 Å². The lowest BCUT2D eigenvalue weighted by molar-refractivity contribution is 0.485. The summed E-state index contributed by atoms with van der Waals surface area (Å²) in [5.41, 5.74) is 8.42. The Kier molecular flexibility index (Phi) is 7.01. The van der Waals surface area contributed by atoms with Gasteiger partial charge in [-0.2, -0.15) is 0 Å². The van der Waals surface area contributed by atoms with Gasteiger partial charge in [0.25, 0.3) is 0 Å². The fraction of sp³-hybridized carbons (Fsp3) is 0.533. The molecule has 1 aromatic heterocycles. The largest absolute Gasteiger partial charge is 0.299 e. The number of benzene rings is 2. The zero-order valence-corrected chi connectivity index (χ0v) is 23.1. The Hall–Kier alpha value is -2.07. The van der Waals surface area contributed by atoms with E-state index in [1.807, 2.05) is 11.8 Å². The number of rotatable bonds is 5. The lowest BCUT2D eigenvalue weighted by Crippen LogP contribution is -2.12. The highest BCUT2D eigenvalue weighted by Crippen LogP contribution is 2.38. The number of hydrogen-bond acceptors (Lipinski definition) is 3. The number of thioether (sulfide) groups is 1. The Balaban J connectivity index is 1.64. The monoisotopic (exact) mass is 475 g/mol. The van der Waals surface area contributed by atoms with E-state index in [-0.39, 0.29) is 10.8 Å². The molecule has 182 valence electrons. The maximum atomic E-state index is 4.72. The van der Waals surface area contributed by atoms with Crippen LogP contribution in [0.5, 0.6) is 0 Å². The van der Waals surface area contributed by atoms with Crippen LogP contribution in [0.25, 0.3) is 11.4 Å². The zero-order chi connectivity index (χ0) is 24.7. The van der Waals surface area contributed by atoms with E-state index in [9.17, 15) is 0 Å². The van der Waals surface area contributed by atoms with Crippen molar-refractivity contribution in [2.75, 3.05) is 0 Å².